The zero-order valence-corrected chi connectivity index (χ0v) is 19.3. The molecule has 5 aromatic rings. The first-order valence-corrected chi connectivity index (χ1v) is 11.2. The van der Waals surface area contributed by atoms with Gasteiger partial charge in [-0.05, 0) is 25.5 Å². The van der Waals surface area contributed by atoms with Crippen LogP contribution >= 0.6 is 11.6 Å². The summed E-state index contributed by atoms with van der Waals surface area (Å²) >= 11 is 6.03. The van der Waals surface area contributed by atoms with Crippen LogP contribution in [0.5, 0.6) is 5.88 Å². The molecular formula is C22H21ClN10O. The molecule has 172 valence electrons. The van der Waals surface area contributed by atoms with E-state index in [4.69, 9.17) is 21.3 Å². The van der Waals surface area contributed by atoms with Crippen molar-refractivity contribution in [2.24, 2.45) is 7.05 Å². The fourth-order valence-corrected chi connectivity index (χ4v) is 4.38. The highest BCUT2D eigenvalue weighted by Crippen LogP contribution is 2.32. The van der Waals surface area contributed by atoms with E-state index in [-0.39, 0.29) is 5.92 Å². The third kappa shape index (κ3) is 3.73. The first kappa shape index (κ1) is 20.6. The van der Waals surface area contributed by atoms with Gasteiger partial charge in [0.05, 0.1) is 35.8 Å². The number of nitrogens with one attached hydrogen (secondary N) is 1. The third-order valence-corrected chi connectivity index (χ3v) is 5.98. The molecule has 0 fully saturated rings. The largest absolute Gasteiger partial charge is 0.478 e. The van der Waals surface area contributed by atoms with Crippen LogP contribution in [0.3, 0.4) is 0 Å². The lowest BCUT2D eigenvalue weighted by Crippen LogP contribution is -2.13. The maximum atomic E-state index is 6.12. The molecule has 1 atom stereocenters. The lowest BCUT2D eigenvalue weighted by atomic mass is 10.1. The highest BCUT2D eigenvalue weighted by atomic mass is 35.5. The first-order chi connectivity index (χ1) is 16.5. The molecule has 6 heterocycles. The summed E-state index contributed by atoms with van der Waals surface area (Å²) in [5.41, 5.74) is 3.22. The topological polar surface area (TPSA) is 113 Å². The lowest BCUT2D eigenvalue weighted by Gasteiger charge is -2.12. The molecule has 0 aliphatic carbocycles. The zero-order chi connectivity index (χ0) is 23.2. The number of aromatic nitrogens is 9. The van der Waals surface area contributed by atoms with Gasteiger partial charge < -0.3 is 10.1 Å². The van der Waals surface area contributed by atoms with Crippen LogP contribution in [0.25, 0.3) is 16.9 Å². The third-order valence-electron chi connectivity index (χ3n) is 5.78. The maximum Gasteiger partial charge on any atom is 0.228 e. The molecule has 0 aromatic carbocycles. The van der Waals surface area contributed by atoms with E-state index in [1.165, 1.54) is 0 Å². The van der Waals surface area contributed by atoms with Crippen molar-refractivity contribution in [3.8, 4) is 17.1 Å². The normalized spacial score (nSPS) is 15.3. The van der Waals surface area contributed by atoms with Crippen molar-refractivity contribution >= 4 is 29.0 Å². The summed E-state index contributed by atoms with van der Waals surface area (Å²) < 4.78 is 11.7. The average molecular weight is 477 g/mol. The summed E-state index contributed by atoms with van der Waals surface area (Å²) in [6.07, 6.45) is 5.95. The minimum Gasteiger partial charge on any atom is -0.478 e. The van der Waals surface area contributed by atoms with Crippen molar-refractivity contribution in [3.05, 3.63) is 59.4 Å². The van der Waals surface area contributed by atoms with Crippen LogP contribution in [0.2, 0.25) is 5.02 Å². The summed E-state index contributed by atoms with van der Waals surface area (Å²) in [4.78, 5) is 9.04. The van der Waals surface area contributed by atoms with E-state index in [2.05, 4.69) is 30.7 Å². The fourth-order valence-electron chi connectivity index (χ4n) is 4.22. The number of anilines is 2. The van der Waals surface area contributed by atoms with Crippen LogP contribution in [-0.2, 0) is 13.6 Å². The Balaban J connectivity index is 1.34. The van der Waals surface area contributed by atoms with E-state index in [1.807, 2.05) is 53.5 Å². The number of nitrogens with zero attached hydrogens (tertiary/aromatic N) is 9. The Labute approximate surface area is 199 Å². The van der Waals surface area contributed by atoms with E-state index in [0.717, 1.165) is 35.0 Å². The molecule has 0 amide bonds. The van der Waals surface area contributed by atoms with Gasteiger partial charge in [0.1, 0.15) is 11.6 Å². The highest BCUT2D eigenvalue weighted by molar-refractivity contribution is 6.30. The Morgan fingerprint density at radius 3 is 2.94 bits per heavy atom. The molecule has 1 N–H and O–H groups in total. The van der Waals surface area contributed by atoms with Gasteiger partial charge in [-0.3, -0.25) is 9.36 Å². The smallest absolute Gasteiger partial charge is 0.228 e. The second kappa shape index (κ2) is 8.10. The minimum atomic E-state index is 0.0928. The minimum absolute atomic E-state index is 0.0928. The molecule has 6 rings (SSSR count). The number of hydrogen-bond donors (Lipinski definition) is 1. The Morgan fingerprint density at radius 1 is 1.24 bits per heavy atom. The second-order valence-electron chi connectivity index (χ2n) is 8.23. The van der Waals surface area contributed by atoms with E-state index in [1.54, 1.807) is 17.1 Å². The molecular weight excluding hydrogens is 456 g/mol. The molecule has 0 saturated carbocycles. The Hall–Kier alpha value is -3.99. The average Bonchev–Trinajstić information content (AvgIpc) is 3.48. The van der Waals surface area contributed by atoms with Gasteiger partial charge in [-0.25, -0.2) is 14.4 Å². The molecule has 34 heavy (non-hydrogen) atoms. The summed E-state index contributed by atoms with van der Waals surface area (Å²) in [5.74, 6) is 2.91. The van der Waals surface area contributed by atoms with Crippen LogP contribution in [0, 0.1) is 6.92 Å². The molecule has 1 aliphatic rings. The summed E-state index contributed by atoms with van der Waals surface area (Å²) in [5, 5.41) is 21.4. The zero-order valence-electron chi connectivity index (χ0n) is 18.6. The van der Waals surface area contributed by atoms with Crippen LogP contribution in [-0.4, -0.2) is 50.7 Å². The number of rotatable bonds is 5. The van der Waals surface area contributed by atoms with Gasteiger partial charge in [-0.15, -0.1) is 10.2 Å². The van der Waals surface area contributed by atoms with Gasteiger partial charge in [0.25, 0.3) is 0 Å². The van der Waals surface area contributed by atoms with E-state index < -0.39 is 0 Å². The standard InChI is InChI=1S/C22H21ClN10O/c1-13-7-18(31(2)30-13)27-22-24-5-3-17(26-22)15-8-19-28-29-21-14(11-32-12-16(23)10-25-32)4-6-34-20(9-15)33(19)21/h3,5,7-10,12,14H,4,6,11H2,1-2H3,(H,24,26,27). The summed E-state index contributed by atoms with van der Waals surface area (Å²) in [7, 11) is 1.87. The van der Waals surface area contributed by atoms with Gasteiger partial charge in [0.2, 0.25) is 11.8 Å². The monoisotopic (exact) mass is 476 g/mol. The van der Waals surface area contributed by atoms with E-state index in [0.29, 0.717) is 35.6 Å². The Bertz CT molecular complexity index is 1500. The first-order valence-electron chi connectivity index (χ1n) is 10.8. The molecule has 12 heteroatoms. The van der Waals surface area contributed by atoms with Crippen molar-refractivity contribution < 1.29 is 4.74 Å². The van der Waals surface area contributed by atoms with Crippen molar-refractivity contribution in [3.63, 3.8) is 0 Å². The molecule has 1 unspecified atom stereocenters. The van der Waals surface area contributed by atoms with Crippen LogP contribution < -0.4 is 10.1 Å². The number of aryl methyl sites for hydroxylation is 2. The predicted molar refractivity (Wildman–Crippen MR) is 125 cm³/mol. The quantitative estimate of drug-likeness (QED) is 0.410. The van der Waals surface area contributed by atoms with Crippen LogP contribution in [0.1, 0.15) is 23.9 Å². The SMILES string of the molecule is Cc1cc(Nc2nccc(-c3cc4n5c(nnc5c3)C(Cn3cc(Cl)cn3)CCO4)n2)n(C)n1. The molecule has 0 spiro atoms. The van der Waals surface area contributed by atoms with Crippen molar-refractivity contribution in [1.82, 2.24) is 44.1 Å². The van der Waals surface area contributed by atoms with Gasteiger partial charge in [0, 0.05) is 43.1 Å². The number of halogens is 1. The van der Waals surface area contributed by atoms with Crippen LogP contribution in [0.15, 0.2) is 42.9 Å². The van der Waals surface area contributed by atoms with Gasteiger partial charge in [-0.1, -0.05) is 11.6 Å². The molecule has 1 aliphatic heterocycles. The molecule has 11 nitrogen and oxygen atoms in total. The van der Waals surface area contributed by atoms with Crippen molar-refractivity contribution in [2.45, 2.75) is 25.8 Å². The number of ether oxygens (including phenoxy) is 1. The van der Waals surface area contributed by atoms with E-state index in [9.17, 15) is 0 Å². The number of pyridine rings is 1. The molecule has 0 saturated heterocycles. The van der Waals surface area contributed by atoms with Gasteiger partial charge in [-0.2, -0.15) is 10.2 Å². The number of hydrogen-bond acceptors (Lipinski definition) is 8. The van der Waals surface area contributed by atoms with Crippen LogP contribution in [0.4, 0.5) is 11.8 Å². The summed E-state index contributed by atoms with van der Waals surface area (Å²) in [6, 6.07) is 7.72. The second-order valence-corrected chi connectivity index (χ2v) is 8.67. The lowest BCUT2D eigenvalue weighted by molar-refractivity contribution is 0.291. The molecule has 0 bridgehead atoms. The van der Waals surface area contributed by atoms with Crippen molar-refractivity contribution in [1.29, 1.82) is 0 Å². The maximum absolute atomic E-state index is 6.12. The van der Waals surface area contributed by atoms with E-state index >= 15 is 0 Å². The highest BCUT2D eigenvalue weighted by Gasteiger charge is 2.25. The summed E-state index contributed by atoms with van der Waals surface area (Å²) in [6.45, 7) is 3.14. The Morgan fingerprint density at radius 2 is 2.15 bits per heavy atom. The van der Waals surface area contributed by atoms with Gasteiger partial charge in [0.15, 0.2) is 5.65 Å². The Kier molecular flexibility index (Phi) is 4.91. The fraction of sp³-hybridized carbons (Fsp3) is 0.273. The molecule has 5 aromatic heterocycles. The van der Waals surface area contributed by atoms with Gasteiger partial charge >= 0.3 is 0 Å². The predicted octanol–water partition coefficient (Wildman–Crippen LogP) is 3.39. The van der Waals surface area contributed by atoms with Crippen molar-refractivity contribution in [2.75, 3.05) is 11.9 Å². The molecule has 0 radical (unpaired) electrons.